The van der Waals surface area contributed by atoms with E-state index in [0.717, 1.165) is 17.9 Å². The van der Waals surface area contributed by atoms with Crippen molar-refractivity contribution in [3.05, 3.63) is 159 Å². The van der Waals surface area contributed by atoms with Crippen molar-refractivity contribution >= 4 is 47.2 Å². The Morgan fingerprint density at radius 3 is 2.10 bits per heavy atom. The summed E-state index contributed by atoms with van der Waals surface area (Å²) in [5.74, 6) is 0. The Kier molecular flexibility index (Phi) is 5.62. The summed E-state index contributed by atoms with van der Waals surface area (Å²) in [6, 6.07) is 44.8. The second-order valence-electron chi connectivity index (χ2n) is 11.6. The molecule has 0 bridgehead atoms. The van der Waals surface area contributed by atoms with Crippen LogP contribution >= 0.6 is 11.6 Å². The van der Waals surface area contributed by atoms with Gasteiger partial charge in [-0.2, -0.15) is 0 Å². The Balaban J connectivity index is 1.64. The topological polar surface area (TPSA) is 0 Å². The summed E-state index contributed by atoms with van der Waals surface area (Å²) in [7, 11) is 0. The van der Waals surface area contributed by atoms with Crippen LogP contribution in [0.5, 0.6) is 0 Å². The van der Waals surface area contributed by atoms with E-state index in [4.69, 9.17) is 15.8 Å². The molecule has 0 unspecified atom stereocenters. The molecule has 0 atom stereocenters. The Morgan fingerprint density at radius 2 is 1.32 bits per heavy atom. The Labute approximate surface area is 246 Å². The van der Waals surface area contributed by atoms with Crippen LogP contribution in [0, 0.1) is 0 Å². The molecule has 41 heavy (non-hydrogen) atoms. The van der Waals surface area contributed by atoms with Crippen molar-refractivity contribution in [1.29, 1.82) is 0 Å². The van der Waals surface area contributed by atoms with Crippen molar-refractivity contribution in [2.24, 2.45) is 0 Å². The van der Waals surface area contributed by atoms with E-state index in [1.807, 2.05) is 0 Å². The molecule has 0 radical (unpaired) electrons. The number of hydrogen-bond donors (Lipinski definition) is 0. The molecular formula is C39H29ClZr. The molecule has 6 aromatic rings. The van der Waals surface area contributed by atoms with Crippen molar-refractivity contribution in [2.75, 3.05) is 0 Å². The summed E-state index contributed by atoms with van der Waals surface area (Å²) in [6.07, 6.45) is 8.75. The zero-order valence-electron chi connectivity index (χ0n) is 22.8. The third-order valence-electron chi connectivity index (χ3n) is 9.78. The molecule has 0 saturated carbocycles. The van der Waals surface area contributed by atoms with E-state index in [0.29, 0.717) is 0 Å². The third-order valence-corrected chi connectivity index (χ3v) is 26.3. The van der Waals surface area contributed by atoms with Crippen molar-refractivity contribution in [3.63, 3.8) is 0 Å². The van der Waals surface area contributed by atoms with Gasteiger partial charge in [0.25, 0.3) is 0 Å². The van der Waals surface area contributed by atoms with Crippen molar-refractivity contribution in [1.82, 2.24) is 0 Å². The molecule has 2 aliphatic carbocycles. The van der Waals surface area contributed by atoms with Gasteiger partial charge in [0, 0.05) is 0 Å². The van der Waals surface area contributed by atoms with E-state index in [1.165, 1.54) is 56.9 Å². The van der Waals surface area contributed by atoms with Crippen molar-refractivity contribution in [2.45, 2.75) is 12.8 Å². The zero-order chi connectivity index (χ0) is 27.6. The number of allylic oxidation sites excluding steroid dienone is 4. The summed E-state index contributed by atoms with van der Waals surface area (Å²) < 4.78 is 11.1. The number of benzene rings is 6. The standard InChI is InChI=1S/C21H13.C6H4Cl.C6H5.C5H5.CH2.Zr/c1-2-8-15-14(7-1)13-20-18-11-4-3-9-16(18)17-10-5-6-12-19(17)21(15)20;7-6-4-2-1-3-5-6;1-2-4-6-5-3-1;1-2-4-5-3-1;;/h1-10,12H,13H2;2-5H;1-5H;1-3H,4H2;1H2;. The van der Waals surface area contributed by atoms with Gasteiger partial charge in [0.05, 0.1) is 0 Å². The molecule has 8 rings (SSSR count). The minimum absolute atomic E-state index is 0.754. The first-order valence-electron chi connectivity index (χ1n) is 14.3. The molecule has 2 aliphatic rings. The third kappa shape index (κ3) is 3.34. The van der Waals surface area contributed by atoms with Crippen LogP contribution in [0.4, 0.5) is 0 Å². The monoisotopic (exact) mass is 622 g/mol. The average Bonchev–Trinajstić information content (AvgIpc) is 3.71. The number of halogens is 1. The van der Waals surface area contributed by atoms with Gasteiger partial charge in [0.1, 0.15) is 0 Å². The molecule has 0 amide bonds. The van der Waals surface area contributed by atoms with Gasteiger partial charge in [-0.05, 0) is 0 Å². The Hall–Kier alpha value is -3.64. The number of rotatable bonds is 4. The SMILES string of the molecule is [CH2]=[Zr]([C]1=CC=CC1)([c]1ccccc1)([c]1ccc(Cl)cc1)[c]1cccc2c1c1c(c3ccccc32)-c2ccccc2C1. The molecule has 0 aromatic heterocycles. The van der Waals surface area contributed by atoms with Crippen LogP contribution < -0.4 is 9.81 Å². The van der Waals surface area contributed by atoms with Gasteiger partial charge in [-0.15, -0.1) is 0 Å². The molecule has 0 fully saturated rings. The molecule has 0 heterocycles. The van der Waals surface area contributed by atoms with E-state index in [-0.39, 0.29) is 0 Å². The van der Waals surface area contributed by atoms with E-state index in [2.05, 4.69) is 140 Å². The van der Waals surface area contributed by atoms with Crippen LogP contribution in [0.3, 0.4) is 0 Å². The van der Waals surface area contributed by atoms with Crippen LogP contribution in [0.2, 0.25) is 5.02 Å². The molecule has 6 aromatic carbocycles. The average molecular weight is 624 g/mol. The van der Waals surface area contributed by atoms with Crippen molar-refractivity contribution in [3.8, 4) is 11.1 Å². The summed E-state index contributed by atoms with van der Waals surface area (Å²) in [5.41, 5.74) is 5.60. The van der Waals surface area contributed by atoms with Gasteiger partial charge in [0.2, 0.25) is 0 Å². The van der Waals surface area contributed by atoms with Gasteiger partial charge < -0.3 is 0 Å². The summed E-state index contributed by atoms with van der Waals surface area (Å²) in [6.45, 7) is 0. The van der Waals surface area contributed by atoms with E-state index >= 15 is 0 Å². The fraction of sp³-hybridized carbons (Fsp3) is 0.0513. The van der Waals surface area contributed by atoms with Gasteiger partial charge in [-0.1, -0.05) is 0 Å². The molecule has 0 spiro atoms. The Bertz CT molecular complexity index is 2150. The van der Waals surface area contributed by atoms with Crippen LogP contribution in [0.15, 0.2) is 143 Å². The molecule has 196 valence electrons. The first-order valence-corrected chi connectivity index (χ1v) is 21.4. The number of fused-ring (bicyclic) bond motifs is 8. The second kappa shape index (κ2) is 9.18. The quantitative estimate of drug-likeness (QED) is 0.173. The number of hydrogen-bond acceptors (Lipinski definition) is 0. The van der Waals surface area contributed by atoms with E-state index in [9.17, 15) is 0 Å². The molecule has 0 aliphatic heterocycles. The maximum atomic E-state index is 6.52. The van der Waals surface area contributed by atoms with Crippen LogP contribution in [0.1, 0.15) is 17.5 Å². The molecule has 0 nitrogen and oxygen atoms in total. The predicted molar refractivity (Wildman–Crippen MR) is 175 cm³/mol. The predicted octanol–water partition coefficient (Wildman–Crippen LogP) is 8.46. The fourth-order valence-electron chi connectivity index (χ4n) is 7.88. The van der Waals surface area contributed by atoms with E-state index in [1.54, 1.807) is 0 Å². The normalized spacial score (nSPS) is 14.3. The van der Waals surface area contributed by atoms with Gasteiger partial charge in [-0.3, -0.25) is 0 Å². The van der Waals surface area contributed by atoms with Crippen LogP contribution in [-0.4, -0.2) is 4.21 Å². The molecule has 2 heteroatoms. The van der Waals surface area contributed by atoms with Gasteiger partial charge in [-0.25, -0.2) is 0 Å². The molecule has 0 saturated heterocycles. The first-order chi connectivity index (χ1) is 20.1. The molecule has 0 N–H and O–H groups in total. The first kappa shape index (κ1) is 25.1. The Morgan fingerprint density at radius 1 is 0.634 bits per heavy atom. The van der Waals surface area contributed by atoms with Gasteiger partial charge >= 0.3 is 248 Å². The van der Waals surface area contributed by atoms with Gasteiger partial charge in [0.15, 0.2) is 0 Å². The van der Waals surface area contributed by atoms with Crippen LogP contribution in [0.25, 0.3) is 32.7 Å². The second-order valence-corrected chi connectivity index (χ2v) is 25.0. The summed E-state index contributed by atoms with van der Waals surface area (Å²) >= 11 is 1.73. The summed E-state index contributed by atoms with van der Waals surface area (Å²) in [4.78, 5) is 0. The van der Waals surface area contributed by atoms with Crippen LogP contribution in [-0.2, 0) is 24.7 Å². The zero-order valence-corrected chi connectivity index (χ0v) is 26.0. The fourth-order valence-corrected chi connectivity index (χ4v) is 23.3. The van der Waals surface area contributed by atoms with E-state index < -0.39 is 18.3 Å². The summed E-state index contributed by atoms with van der Waals surface area (Å²) in [5, 5.41) is 6.12. The molecular weight excluding hydrogens is 595 g/mol. The maximum absolute atomic E-state index is 6.52. The minimum atomic E-state index is -4.79. The van der Waals surface area contributed by atoms with Crippen molar-refractivity contribution < 1.29 is 18.3 Å².